The van der Waals surface area contributed by atoms with Gasteiger partial charge in [-0.25, -0.2) is 8.51 Å². The largest absolute Gasteiger partial charge is 0.294 e. The SMILES string of the molecule is CC(C)CCCCCCN(CCCCCCC(C)C)S(=O)O. The van der Waals surface area contributed by atoms with Crippen LogP contribution in [0.3, 0.4) is 0 Å². The predicted molar refractivity (Wildman–Crippen MR) is 98.2 cm³/mol. The van der Waals surface area contributed by atoms with E-state index in [0.717, 1.165) is 37.8 Å². The molecule has 134 valence electrons. The van der Waals surface area contributed by atoms with Crippen LogP contribution in [0.25, 0.3) is 0 Å². The first-order chi connectivity index (χ1) is 10.4. The molecule has 0 radical (unpaired) electrons. The Labute approximate surface area is 141 Å². The summed E-state index contributed by atoms with van der Waals surface area (Å²) in [5, 5.41) is 0. The Hall–Kier alpha value is 0.0700. The fraction of sp³-hybridized carbons (Fsp3) is 1.00. The van der Waals surface area contributed by atoms with Gasteiger partial charge in [0.25, 0.3) is 0 Å². The van der Waals surface area contributed by atoms with Crippen LogP contribution < -0.4 is 0 Å². The van der Waals surface area contributed by atoms with Gasteiger partial charge in [-0.15, -0.1) is 0 Å². The average molecular weight is 334 g/mol. The number of nitrogens with zero attached hydrogens (tertiary/aromatic N) is 1. The summed E-state index contributed by atoms with van der Waals surface area (Å²) in [5.41, 5.74) is 0. The summed E-state index contributed by atoms with van der Waals surface area (Å²) in [5.74, 6) is 1.58. The van der Waals surface area contributed by atoms with Crippen LogP contribution in [0.1, 0.15) is 91.9 Å². The van der Waals surface area contributed by atoms with Gasteiger partial charge in [0.05, 0.1) is 0 Å². The second-order valence-electron chi connectivity index (χ2n) is 7.35. The van der Waals surface area contributed by atoms with E-state index in [-0.39, 0.29) is 0 Å². The first-order valence-electron chi connectivity index (χ1n) is 9.29. The molecule has 0 aliphatic heterocycles. The van der Waals surface area contributed by atoms with E-state index >= 15 is 0 Å². The van der Waals surface area contributed by atoms with E-state index in [9.17, 15) is 8.76 Å². The third-order valence-corrected chi connectivity index (χ3v) is 4.91. The van der Waals surface area contributed by atoms with Crippen LogP contribution in [-0.4, -0.2) is 26.2 Å². The summed E-state index contributed by atoms with van der Waals surface area (Å²) in [7, 11) is 0. The molecule has 0 bridgehead atoms. The molecule has 1 unspecified atom stereocenters. The Kier molecular flexibility index (Phi) is 14.7. The summed E-state index contributed by atoms with van der Waals surface area (Å²) >= 11 is -1.80. The first-order valence-corrected chi connectivity index (χ1v) is 10.4. The van der Waals surface area contributed by atoms with Crippen molar-refractivity contribution < 1.29 is 8.76 Å². The van der Waals surface area contributed by atoms with Crippen molar-refractivity contribution in [3.8, 4) is 0 Å². The Morgan fingerprint density at radius 2 is 1.09 bits per heavy atom. The molecule has 0 rings (SSSR count). The lowest BCUT2D eigenvalue weighted by Gasteiger charge is -2.17. The van der Waals surface area contributed by atoms with Gasteiger partial charge < -0.3 is 0 Å². The average Bonchev–Trinajstić information content (AvgIpc) is 2.42. The van der Waals surface area contributed by atoms with E-state index in [1.807, 2.05) is 0 Å². The zero-order valence-corrected chi connectivity index (χ0v) is 16.2. The Balaban J connectivity index is 3.59. The maximum atomic E-state index is 11.4. The van der Waals surface area contributed by atoms with Gasteiger partial charge in [-0.3, -0.25) is 4.55 Å². The minimum absolute atomic E-state index is 0.761. The summed E-state index contributed by atoms with van der Waals surface area (Å²) in [6.07, 6.45) is 12.1. The van der Waals surface area contributed by atoms with Gasteiger partial charge >= 0.3 is 0 Å². The van der Waals surface area contributed by atoms with E-state index in [1.54, 1.807) is 4.31 Å². The zero-order valence-electron chi connectivity index (χ0n) is 15.4. The van der Waals surface area contributed by atoms with Crippen LogP contribution in [0.5, 0.6) is 0 Å². The Morgan fingerprint density at radius 3 is 1.41 bits per heavy atom. The second-order valence-corrected chi connectivity index (χ2v) is 8.33. The molecule has 3 nitrogen and oxygen atoms in total. The molecule has 4 heteroatoms. The van der Waals surface area contributed by atoms with Gasteiger partial charge in [-0.05, 0) is 24.7 Å². The number of unbranched alkanes of at least 4 members (excludes halogenated alkanes) is 6. The number of hydrogen-bond acceptors (Lipinski definition) is 1. The van der Waals surface area contributed by atoms with Crippen LogP contribution in [0, 0.1) is 11.8 Å². The number of hydrogen-bond donors (Lipinski definition) is 1. The molecule has 0 aliphatic carbocycles. The minimum atomic E-state index is -1.80. The van der Waals surface area contributed by atoms with Crippen LogP contribution in [-0.2, 0) is 11.3 Å². The first kappa shape index (κ1) is 22.1. The van der Waals surface area contributed by atoms with Gasteiger partial charge in [0.2, 0.25) is 11.3 Å². The Morgan fingerprint density at radius 1 is 0.727 bits per heavy atom. The quantitative estimate of drug-likeness (QED) is 0.311. The lowest BCUT2D eigenvalue weighted by atomic mass is 10.0. The third kappa shape index (κ3) is 15.0. The molecule has 0 aromatic rings. The van der Waals surface area contributed by atoms with Crippen LogP contribution in [0.15, 0.2) is 0 Å². The standard InChI is InChI=1S/C18H39NO2S/c1-17(2)13-9-5-7-11-15-19(22(20)21)16-12-8-6-10-14-18(3)4/h17-18H,5-16H2,1-4H3,(H,20,21). The maximum Gasteiger partial charge on any atom is 0.234 e. The monoisotopic (exact) mass is 333 g/mol. The highest BCUT2D eigenvalue weighted by Crippen LogP contribution is 2.12. The van der Waals surface area contributed by atoms with Crippen LogP contribution in [0.2, 0.25) is 0 Å². The molecule has 0 aromatic heterocycles. The van der Waals surface area contributed by atoms with Crippen molar-refractivity contribution in [3.05, 3.63) is 0 Å². The van der Waals surface area contributed by atoms with E-state index in [0.29, 0.717) is 0 Å². The highest BCUT2D eigenvalue weighted by molar-refractivity contribution is 7.76. The lowest BCUT2D eigenvalue weighted by molar-refractivity contribution is 0.371. The van der Waals surface area contributed by atoms with Crippen molar-refractivity contribution in [3.63, 3.8) is 0 Å². The molecular weight excluding hydrogens is 294 g/mol. The smallest absolute Gasteiger partial charge is 0.234 e. The molecule has 0 aromatic carbocycles. The summed E-state index contributed by atoms with van der Waals surface area (Å²) in [6, 6.07) is 0. The molecule has 0 aliphatic rings. The van der Waals surface area contributed by atoms with Crippen LogP contribution >= 0.6 is 0 Å². The lowest BCUT2D eigenvalue weighted by Crippen LogP contribution is -2.27. The van der Waals surface area contributed by atoms with Crippen molar-refractivity contribution in [2.24, 2.45) is 11.8 Å². The highest BCUT2D eigenvalue weighted by Gasteiger charge is 2.10. The molecule has 0 saturated heterocycles. The van der Waals surface area contributed by atoms with Gasteiger partial charge in [0, 0.05) is 13.1 Å². The summed E-state index contributed by atoms with van der Waals surface area (Å²) in [4.78, 5) is 0. The van der Waals surface area contributed by atoms with E-state index in [2.05, 4.69) is 27.7 Å². The molecule has 0 spiro atoms. The molecule has 0 saturated carbocycles. The number of rotatable bonds is 15. The van der Waals surface area contributed by atoms with Gasteiger partial charge in [-0.2, -0.15) is 0 Å². The minimum Gasteiger partial charge on any atom is -0.294 e. The second kappa shape index (κ2) is 14.6. The molecular formula is C18H39NO2S. The topological polar surface area (TPSA) is 40.5 Å². The van der Waals surface area contributed by atoms with Crippen molar-refractivity contribution in [2.75, 3.05) is 13.1 Å². The normalized spacial score (nSPS) is 13.5. The van der Waals surface area contributed by atoms with Crippen molar-refractivity contribution in [1.29, 1.82) is 0 Å². The zero-order chi connectivity index (χ0) is 16.8. The van der Waals surface area contributed by atoms with Gasteiger partial charge in [-0.1, -0.05) is 79.1 Å². The molecule has 1 N–H and O–H groups in total. The van der Waals surface area contributed by atoms with Crippen molar-refractivity contribution in [2.45, 2.75) is 91.9 Å². The third-order valence-electron chi connectivity index (χ3n) is 4.10. The fourth-order valence-corrected chi connectivity index (χ4v) is 3.23. The molecule has 22 heavy (non-hydrogen) atoms. The fourth-order valence-electron chi connectivity index (χ4n) is 2.66. The highest BCUT2D eigenvalue weighted by atomic mass is 32.2. The maximum absolute atomic E-state index is 11.4. The molecule has 0 heterocycles. The van der Waals surface area contributed by atoms with E-state index in [1.165, 1.54) is 51.4 Å². The van der Waals surface area contributed by atoms with Crippen molar-refractivity contribution in [1.82, 2.24) is 4.31 Å². The van der Waals surface area contributed by atoms with Gasteiger partial charge in [0.15, 0.2) is 0 Å². The molecule has 1 atom stereocenters. The Bertz CT molecular complexity index is 250. The van der Waals surface area contributed by atoms with E-state index < -0.39 is 11.3 Å². The predicted octanol–water partition coefficient (Wildman–Crippen LogP) is 5.64. The van der Waals surface area contributed by atoms with Crippen molar-refractivity contribution >= 4 is 11.3 Å². The molecule has 0 amide bonds. The summed E-state index contributed by atoms with van der Waals surface area (Å²) in [6.45, 7) is 10.6. The summed E-state index contributed by atoms with van der Waals surface area (Å²) < 4.78 is 22.4. The van der Waals surface area contributed by atoms with Crippen LogP contribution in [0.4, 0.5) is 0 Å². The molecule has 0 fully saturated rings. The van der Waals surface area contributed by atoms with Gasteiger partial charge in [0.1, 0.15) is 0 Å². The van der Waals surface area contributed by atoms with E-state index in [4.69, 9.17) is 0 Å².